The van der Waals surface area contributed by atoms with E-state index in [1.165, 1.54) is 56.7 Å². The number of hydrogen-bond acceptors (Lipinski definition) is 7. The Morgan fingerprint density at radius 3 is 2.32 bits per heavy atom. The summed E-state index contributed by atoms with van der Waals surface area (Å²) in [6.45, 7) is -0.357. The molecule has 0 fully saturated rings. The molecule has 1 amide bonds. The molecule has 0 saturated heterocycles. The number of rotatable bonds is 9. The van der Waals surface area contributed by atoms with Crippen molar-refractivity contribution in [1.82, 2.24) is 0 Å². The lowest BCUT2D eigenvalue weighted by molar-refractivity contribution is -0.118. The van der Waals surface area contributed by atoms with Gasteiger partial charge in [0.2, 0.25) is 0 Å². The normalized spacial score (nSPS) is 10.8. The summed E-state index contributed by atoms with van der Waals surface area (Å²) in [7, 11) is -1.18. The van der Waals surface area contributed by atoms with Gasteiger partial charge in [-0.3, -0.25) is 9.52 Å². The number of carbonyl (C=O) groups is 2. The molecule has 0 saturated carbocycles. The van der Waals surface area contributed by atoms with Crippen LogP contribution in [0.25, 0.3) is 0 Å². The maximum absolute atomic E-state index is 12.6. The zero-order chi connectivity index (χ0) is 24.7. The molecule has 2 N–H and O–H groups in total. The van der Waals surface area contributed by atoms with Crippen molar-refractivity contribution in [3.8, 4) is 11.5 Å². The van der Waals surface area contributed by atoms with E-state index in [2.05, 4.69) is 10.0 Å². The SMILES string of the molecule is COC(=O)c1ccccc1NC(=O)COc1ccc(S(=O)(=O)Nc2ccc(OC)c(Cl)c2)cc1. The number of ether oxygens (including phenoxy) is 3. The van der Waals surface area contributed by atoms with Gasteiger partial charge in [0.25, 0.3) is 15.9 Å². The van der Waals surface area contributed by atoms with Gasteiger partial charge in [0.15, 0.2) is 6.61 Å². The summed E-state index contributed by atoms with van der Waals surface area (Å²) in [6, 6.07) is 16.4. The summed E-state index contributed by atoms with van der Waals surface area (Å²) in [6.07, 6.45) is 0. The molecular formula is C23H21ClN2O7S. The fourth-order valence-electron chi connectivity index (χ4n) is 2.87. The fourth-order valence-corrected chi connectivity index (χ4v) is 4.18. The molecule has 3 rings (SSSR count). The molecule has 0 unspecified atom stereocenters. The lowest BCUT2D eigenvalue weighted by Gasteiger charge is -2.12. The van der Waals surface area contributed by atoms with Gasteiger partial charge < -0.3 is 19.5 Å². The van der Waals surface area contributed by atoms with Gasteiger partial charge in [-0.25, -0.2) is 13.2 Å². The van der Waals surface area contributed by atoms with Crippen LogP contribution in [-0.4, -0.2) is 41.1 Å². The molecule has 0 aliphatic heterocycles. The summed E-state index contributed by atoms with van der Waals surface area (Å²) < 4.78 is 42.9. The number of para-hydroxylation sites is 1. The Hall–Kier alpha value is -3.76. The van der Waals surface area contributed by atoms with Crippen LogP contribution in [0.1, 0.15) is 10.4 Å². The second-order valence-corrected chi connectivity index (χ2v) is 8.89. The smallest absolute Gasteiger partial charge is 0.339 e. The van der Waals surface area contributed by atoms with Crippen LogP contribution in [0.5, 0.6) is 11.5 Å². The first-order valence-electron chi connectivity index (χ1n) is 9.80. The molecule has 0 atom stereocenters. The quantitative estimate of drug-likeness (QED) is 0.423. The number of carbonyl (C=O) groups excluding carboxylic acids is 2. The third-order valence-electron chi connectivity index (χ3n) is 4.51. The highest BCUT2D eigenvalue weighted by Gasteiger charge is 2.16. The molecule has 3 aromatic carbocycles. The standard InChI is InChI=1S/C23H21ClN2O7S/c1-31-21-12-7-15(13-19(21)24)26-34(29,30)17-10-8-16(9-11-17)33-14-22(27)25-20-6-4-3-5-18(20)23(28)32-2/h3-13,26H,14H2,1-2H3,(H,25,27). The van der Waals surface area contributed by atoms with Crippen molar-refractivity contribution in [2.45, 2.75) is 4.90 Å². The zero-order valence-electron chi connectivity index (χ0n) is 18.2. The van der Waals surface area contributed by atoms with Crippen molar-refractivity contribution in [1.29, 1.82) is 0 Å². The molecule has 0 heterocycles. The van der Waals surface area contributed by atoms with E-state index < -0.39 is 21.9 Å². The molecule has 3 aromatic rings. The lowest BCUT2D eigenvalue weighted by atomic mass is 10.2. The lowest BCUT2D eigenvalue weighted by Crippen LogP contribution is -2.21. The van der Waals surface area contributed by atoms with E-state index >= 15 is 0 Å². The topological polar surface area (TPSA) is 120 Å². The Morgan fingerprint density at radius 1 is 0.971 bits per heavy atom. The van der Waals surface area contributed by atoms with Crippen molar-refractivity contribution in [2.75, 3.05) is 30.9 Å². The van der Waals surface area contributed by atoms with Crippen molar-refractivity contribution >= 4 is 44.9 Å². The van der Waals surface area contributed by atoms with Crippen molar-refractivity contribution in [3.63, 3.8) is 0 Å². The van der Waals surface area contributed by atoms with Gasteiger partial charge in [-0.15, -0.1) is 0 Å². The Bertz CT molecular complexity index is 1290. The molecule has 34 heavy (non-hydrogen) atoms. The molecule has 0 aliphatic carbocycles. The number of methoxy groups -OCH3 is 2. The van der Waals surface area contributed by atoms with E-state index in [-0.39, 0.29) is 39.2 Å². The van der Waals surface area contributed by atoms with Crippen LogP contribution in [-0.2, 0) is 19.6 Å². The molecule has 0 aromatic heterocycles. The van der Waals surface area contributed by atoms with Crippen molar-refractivity contribution in [3.05, 3.63) is 77.3 Å². The molecule has 0 radical (unpaired) electrons. The second-order valence-electron chi connectivity index (χ2n) is 6.80. The predicted octanol–water partition coefficient (Wildman–Crippen LogP) is 3.95. The van der Waals surface area contributed by atoms with Gasteiger partial charge >= 0.3 is 5.97 Å². The summed E-state index contributed by atoms with van der Waals surface area (Å²) in [5.74, 6) is -0.392. The summed E-state index contributed by atoms with van der Waals surface area (Å²) in [5, 5.41) is 2.84. The number of hydrogen-bond donors (Lipinski definition) is 2. The average Bonchev–Trinajstić information content (AvgIpc) is 2.83. The average molecular weight is 505 g/mol. The number of amides is 1. The van der Waals surface area contributed by atoms with Crippen LogP contribution < -0.4 is 19.5 Å². The maximum Gasteiger partial charge on any atom is 0.339 e. The molecule has 0 aliphatic rings. The minimum Gasteiger partial charge on any atom is -0.495 e. The Kier molecular flexibility index (Phi) is 7.98. The molecule has 0 spiro atoms. The van der Waals surface area contributed by atoms with Gasteiger partial charge in [0.1, 0.15) is 11.5 Å². The minimum absolute atomic E-state index is 0.0109. The molecule has 11 heteroatoms. The van der Waals surface area contributed by atoms with Gasteiger partial charge in [0, 0.05) is 0 Å². The van der Waals surface area contributed by atoms with Crippen LogP contribution >= 0.6 is 11.6 Å². The van der Waals surface area contributed by atoms with Gasteiger partial charge in [0.05, 0.1) is 41.1 Å². The van der Waals surface area contributed by atoms with E-state index in [1.54, 1.807) is 24.3 Å². The van der Waals surface area contributed by atoms with Crippen molar-refractivity contribution < 1.29 is 32.2 Å². The number of nitrogens with one attached hydrogen (secondary N) is 2. The Labute approximate surface area is 201 Å². The third kappa shape index (κ3) is 6.18. The monoisotopic (exact) mass is 504 g/mol. The van der Waals surface area contributed by atoms with Crippen LogP contribution in [0.4, 0.5) is 11.4 Å². The number of halogens is 1. The van der Waals surface area contributed by atoms with E-state index in [4.69, 9.17) is 25.8 Å². The third-order valence-corrected chi connectivity index (χ3v) is 6.21. The number of sulfonamides is 1. The first kappa shape index (κ1) is 24.9. The van der Waals surface area contributed by atoms with Gasteiger partial charge in [-0.2, -0.15) is 0 Å². The second kappa shape index (κ2) is 10.9. The molecule has 0 bridgehead atoms. The molecule has 9 nitrogen and oxygen atoms in total. The van der Waals surface area contributed by atoms with Gasteiger partial charge in [-0.05, 0) is 54.6 Å². The Morgan fingerprint density at radius 2 is 1.68 bits per heavy atom. The summed E-state index contributed by atoms with van der Waals surface area (Å²) in [4.78, 5) is 24.0. The first-order valence-corrected chi connectivity index (χ1v) is 11.7. The van der Waals surface area contributed by atoms with Crippen molar-refractivity contribution in [2.24, 2.45) is 0 Å². The highest BCUT2D eigenvalue weighted by Crippen LogP contribution is 2.28. The summed E-state index contributed by atoms with van der Waals surface area (Å²) >= 11 is 6.04. The first-order chi connectivity index (χ1) is 16.2. The highest BCUT2D eigenvalue weighted by atomic mass is 35.5. The van der Waals surface area contributed by atoms with E-state index in [1.807, 2.05) is 0 Å². The van der Waals surface area contributed by atoms with Crippen LogP contribution in [0, 0.1) is 0 Å². The maximum atomic E-state index is 12.6. The minimum atomic E-state index is -3.88. The van der Waals surface area contributed by atoms with Crippen LogP contribution in [0.3, 0.4) is 0 Å². The van der Waals surface area contributed by atoms with Gasteiger partial charge in [-0.1, -0.05) is 23.7 Å². The van der Waals surface area contributed by atoms with Crippen LogP contribution in [0.2, 0.25) is 5.02 Å². The van der Waals surface area contributed by atoms with Crippen LogP contribution in [0.15, 0.2) is 71.6 Å². The van der Waals surface area contributed by atoms with E-state index in [9.17, 15) is 18.0 Å². The number of anilines is 2. The molecule has 178 valence electrons. The summed E-state index contributed by atoms with van der Waals surface area (Å²) in [5.41, 5.74) is 0.766. The predicted molar refractivity (Wildman–Crippen MR) is 127 cm³/mol. The number of benzene rings is 3. The van der Waals surface area contributed by atoms with E-state index in [0.29, 0.717) is 5.75 Å². The van der Waals surface area contributed by atoms with E-state index in [0.717, 1.165) is 0 Å². The largest absolute Gasteiger partial charge is 0.495 e. The Balaban J connectivity index is 1.61. The highest BCUT2D eigenvalue weighted by molar-refractivity contribution is 7.92. The molecular weight excluding hydrogens is 484 g/mol. The zero-order valence-corrected chi connectivity index (χ0v) is 19.8. The number of esters is 1. The fraction of sp³-hybridized carbons (Fsp3) is 0.130.